The molecule has 0 heterocycles. The van der Waals surface area contributed by atoms with Gasteiger partial charge in [0, 0.05) is 0 Å². The quantitative estimate of drug-likeness (QED) is 0.659. The molecule has 0 saturated heterocycles. The van der Waals surface area contributed by atoms with Crippen molar-refractivity contribution in [1.29, 1.82) is 0 Å². The van der Waals surface area contributed by atoms with Gasteiger partial charge in [-0.25, -0.2) is 0 Å². The van der Waals surface area contributed by atoms with Crippen molar-refractivity contribution in [1.82, 2.24) is 0 Å². The second kappa shape index (κ2) is 3.31. The normalized spacial score (nSPS) is 12.0. The molecule has 3 heteroatoms. The van der Waals surface area contributed by atoms with E-state index in [1.807, 2.05) is 0 Å². The van der Waals surface area contributed by atoms with E-state index in [1.54, 1.807) is 0 Å². The van der Waals surface area contributed by atoms with Crippen molar-refractivity contribution in [3.63, 3.8) is 0 Å². The van der Waals surface area contributed by atoms with Gasteiger partial charge in [-0.1, -0.05) is 50.4 Å². The molecule has 0 aliphatic rings. The van der Waals surface area contributed by atoms with Gasteiger partial charge in [0.15, 0.2) is 2.69 Å². The van der Waals surface area contributed by atoms with E-state index >= 15 is 0 Å². The average Bonchev–Trinajstić information content (AvgIpc) is 1.30. The Morgan fingerprint density at radius 2 is 2.00 bits per heavy atom. The molecule has 0 aromatic carbocycles. The molecule has 0 aromatic heterocycles. The van der Waals surface area contributed by atoms with Crippen LogP contribution in [0, 0.1) is 6.92 Å². The zero-order chi connectivity index (χ0) is 5.91. The predicted molar refractivity (Wildman–Crippen MR) is 41.0 cm³/mol. The molecule has 0 aromatic rings. The lowest BCUT2D eigenvalue weighted by atomic mass is 10.4. The lowest BCUT2D eigenvalue weighted by molar-refractivity contribution is 0.912. The zero-order valence-corrected chi connectivity index (χ0v) is 7.68. The molecule has 0 spiro atoms. The Morgan fingerprint density at radius 1 is 1.57 bits per heavy atom. The van der Waals surface area contributed by atoms with Crippen molar-refractivity contribution in [2.45, 2.75) is 15.5 Å². The Morgan fingerprint density at radius 3 is 2.00 bits per heavy atom. The first kappa shape index (κ1) is 8.25. The van der Waals surface area contributed by atoms with E-state index in [1.165, 1.54) is 0 Å². The third-order valence-electron chi connectivity index (χ3n) is 0.460. The average molecular weight is 249 g/mol. The molecule has 1 radical (unpaired) electrons. The maximum Gasteiger partial charge on any atom is 0.153 e. The Kier molecular flexibility index (Phi) is 3.90. The van der Waals surface area contributed by atoms with Crippen LogP contribution in [0.15, 0.2) is 0 Å². The molecule has 0 N–H and O–H groups in total. The molecule has 0 saturated carbocycles. The monoisotopic (exact) mass is 247 g/mol. The maximum absolute atomic E-state index is 5.63. The smallest absolute Gasteiger partial charge is 0.0940 e. The van der Waals surface area contributed by atoms with Gasteiger partial charge in [-0.15, -0.1) is 0 Å². The van der Waals surface area contributed by atoms with E-state index in [4.69, 9.17) is 11.6 Å². The van der Waals surface area contributed by atoms with Crippen LogP contribution >= 0.6 is 43.5 Å². The maximum atomic E-state index is 5.63. The van der Waals surface area contributed by atoms with Gasteiger partial charge in [-0.05, 0) is 12.8 Å². The standard InChI is InChI=1S/C4H6Br2Cl/c1-2-3-4(5,6)7/h1-3H2. The van der Waals surface area contributed by atoms with Crippen LogP contribution in [-0.4, -0.2) is 2.69 Å². The third kappa shape index (κ3) is 7.25. The van der Waals surface area contributed by atoms with Crippen molar-refractivity contribution in [2.24, 2.45) is 0 Å². The summed E-state index contributed by atoms with van der Waals surface area (Å²) in [7, 11) is 0. The summed E-state index contributed by atoms with van der Waals surface area (Å²) in [6, 6.07) is 0. The van der Waals surface area contributed by atoms with Gasteiger partial charge in [-0.2, -0.15) is 0 Å². The van der Waals surface area contributed by atoms with Crippen molar-refractivity contribution >= 4 is 43.5 Å². The highest BCUT2D eigenvalue weighted by Crippen LogP contribution is 2.35. The van der Waals surface area contributed by atoms with Gasteiger partial charge in [0.2, 0.25) is 0 Å². The molecule has 0 rings (SSSR count). The van der Waals surface area contributed by atoms with Gasteiger partial charge in [0.25, 0.3) is 0 Å². The lowest BCUT2D eigenvalue weighted by Gasteiger charge is -2.06. The molecular formula is C4H6Br2Cl. The highest BCUT2D eigenvalue weighted by molar-refractivity contribution is 9.26. The molecule has 0 aliphatic carbocycles. The fourth-order valence-electron chi connectivity index (χ4n) is 0.200. The summed E-state index contributed by atoms with van der Waals surface area (Å²) < 4.78 is -0.415. The fraction of sp³-hybridized carbons (Fsp3) is 0.750. The topological polar surface area (TPSA) is 0 Å². The van der Waals surface area contributed by atoms with Gasteiger partial charge in [-0.3, -0.25) is 0 Å². The van der Waals surface area contributed by atoms with Crippen molar-refractivity contribution in [3.05, 3.63) is 6.92 Å². The number of hydrogen-bond donors (Lipinski definition) is 0. The third-order valence-corrected chi connectivity index (χ3v) is 1.44. The number of halogens is 3. The van der Waals surface area contributed by atoms with Crippen LogP contribution in [0.3, 0.4) is 0 Å². The van der Waals surface area contributed by atoms with Crippen LogP contribution in [0.5, 0.6) is 0 Å². The van der Waals surface area contributed by atoms with E-state index in [0.29, 0.717) is 0 Å². The molecule has 0 nitrogen and oxygen atoms in total. The molecule has 0 fully saturated rings. The van der Waals surface area contributed by atoms with Crippen LogP contribution in [0.4, 0.5) is 0 Å². The van der Waals surface area contributed by atoms with Crippen LogP contribution in [-0.2, 0) is 0 Å². The van der Waals surface area contributed by atoms with Gasteiger partial charge < -0.3 is 0 Å². The highest BCUT2D eigenvalue weighted by atomic mass is 79.9. The van der Waals surface area contributed by atoms with Crippen LogP contribution in [0.2, 0.25) is 0 Å². The number of rotatable bonds is 2. The van der Waals surface area contributed by atoms with Crippen LogP contribution in [0.1, 0.15) is 12.8 Å². The molecule has 0 unspecified atom stereocenters. The Labute approximate surface area is 65.9 Å². The second-order valence-corrected chi connectivity index (χ2v) is 6.55. The summed E-state index contributed by atoms with van der Waals surface area (Å²) in [6.07, 6.45) is 1.66. The fourth-order valence-corrected chi connectivity index (χ4v) is 0.895. The first-order chi connectivity index (χ1) is 3.06. The van der Waals surface area contributed by atoms with Crippen molar-refractivity contribution < 1.29 is 0 Å². The van der Waals surface area contributed by atoms with Crippen molar-refractivity contribution in [3.8, 4) is 0 Å². The summed E-state index contributed by atoms with van der Waals surface area (Å²) in [5, 5.41) is 0. The highest BCUT2D eigenvalue weighted by Gasteiger charge is 2.15. The minimum Gasteiger partial charge on any atom is -0.0940 e. The summed E-state index contributed by atoms with van der Waals surface area (Å²) in [6.45, 7) is 3.63. The SMILES string of the molecule is [CH2]CCC(Cl)(Br)Br. The predicted octanol–water partition coefficient (Wildman–Crippen LogP) is 3.28. The Bertz CT molecular complexity index is 48.1. The lowest BCUT2D eigenvalue weighted by Crippen LogP contribution is -1.96. The minimum absolute atomic E-state index is 0.415. The summed E-state index contributed by atoms with van der Waals surface area (Å²) in [4.78, 5) is 0. The largest absolute Gasteiger partial charge is 0.153 e. The van der Waals surface area contributed by atoms with E-state index in [0.717, 1.165) is 12.8 Å². The van der Waals surface area contributed by atoms with Gasteiger partial charge in [0.05, 0.1) is 0 Å². The number of hydrogen-bond acceptors (Lipinski definition) is 0. The molecule has 0 atom stereocenters. The second-order valence-electron chi connectivity index (χ2n) is 1.22. The summed E-state index contributed by atoms with van der Waals surface area (Å²) in [5.74, 6) is 0. The summed E-state index contributed by atoms with van der Waals surface area (Å²) in [5.41, 5.74) is 0. The Balaban J connectivity index is 3.15. The van der Waals surface area contributed by atoms with Crippen molar-refractivity contribution in [2.75, 3.05) is 0 Å². The molecular weight excluding hydrogens is 243 g/mol. The van der Waals surface area contributed by atoms with E-state index in [-0.39, 0.29) is 0 Å². The summed E-state index contributed by atoms with van der Waals surface area (Å²) >= 11 is 12.0. The molecule has 0 bridgehead atoms. The number of alkyl halides is 3. The molecule has 7 heavy (non-hydrogen) atoms. The Hall–Kier alpha value is 1.25. The van der Waals surface area contributed by atoms with E-state index < -0.39 is 2.69 Å². The molecule has 43 valence electrons. The zero-order valence-electron chi connectivity index (χ0n) is 3.76. The minimum atomic E-state index is -0.415. The molecule has 0 aliphatic heterocycles. The van der Waals surface area contributed by atoms with Gasteiger partial charge >= 0.3 is 0 Å². The first-order valence-electron chi connectivity index (χ1n) is 1.92. The van der Waals surface area contributed by atoms with Crippen LogP contribution in [0.25, 0.3) is 0 Å². The first-order valence-corrected chi connectivity index (χ1v) is 3.88. The molecule has 0 amide bonds. The van der Waals surface area contributed by atoms with E-state index in [2.05, 4.69) is 38.8 Å². The van der Waals surface area contributed by atoms with E-state index in [9.17, 15) is 0 Å². The van der Waals surface area contributed by atoms with Crippen LogP contribution < -0.4 is 0 Å². The van der Waals surface area contributed by atoms with Gasteiger partial charge in [0.1, 0.15) is 0 Å².